The van der Waals surface area contributed by atoms with E-state index in [4.69, 9.17) is 5.11 Å². The van der Waals surface area contributed by atoms with Gasteiger partial charge in [-0.05, 0) is 12.0 Å². The Morgan fingerprint density at radius 2 is 1.95 bits per heavy atom. The van der Waals surface area contributed by atoms with E-state index in [1.807, 2.05) is 0 Å². The number of nitrogens with zero attached hydrogens (tertiary/aromatic N) is 1. The first-order valence-corrected chi connectivity index (χ1v) is 6.50. The van der Waals surface area contributed by atoms with E-state index in [-0.39, 0.29) is 17.2 Å². The Morgan fingerprint density at radius 1 is 1.35 bits per heavy atom. The van der Waals surface area contributed by atoms with Crippen molar-refractivity contribution in [2.45, 2.75) is 19.9 Å². The number of carboxylic acid groups (broad SMARTS) is 1. The van der Waals surface area contributed by atoms with Crippen LogP contribution in [0.3, 0.4) is 0 Å². The number of nitro benzene ring substituents is 1. The van der Waals surface area contributed by atoms with Gasteiger partial charge in [-0.25, -0.2) is 4.79 Å². The third-order valence-corrected chi connectivity index (χ3v) is 3.03. The lowest BCUT2D eigenvalue weighted by Crippen LogP contribution is -2.44. The molecule has 1 aromatic carbocycles. The molecule has 0 spiro atoms. The van der Waals surface area contributed by atoms with Crippen molar-refractivity contribution in [2.24, 2.45) is 5.92 Å². The van der Waals surface area contributed by atoms with Gasteiger partial charge in [0.15, 0.2) is 0 Å². The predicted molar refractivity (Wildman–Crippen MR) is 74.5 cm³/mol. The molecule has 0 unspecified atom stereocenters. The minimum Gasteiger partial charge on any atom is -0.480 e. The molecule has 20 heavy (non-hydrogen) atoms. The molecule has 1 rings (SSSR count). The fourth-order valence-electron chi connectivity index (χ4n) is 1.55. The lowest BCUT2D eigenvalue weighted by atomic mass is 10.0. The van der Waals surface area contributed by atoms with Crippen LogP contribution in [0.15, 0.2) is 22.7 Å². The number of hydrogen-bond acceptors (Lipinski definition) is 4. The van der Waals surface area contributed by atoms with Crippen molar-refractivity contribution in [2.75, 3.05) is 0 Å². The molecule has 1 atom stereocenters. The molecule has 0 saturated heterocycles. The monoisotopic (exact) mass is 344 g/mol. The standard InChI is InChI=1S/C12H13BrN2O5/c1-6(2)10(12(17)18)14-11(16)7-3-8(13)5-9(4-7)15(19)20/h3-6,10H,1-2H3,(H,14,16)(H,17,18)/t10-/m1/s1. The van der Waals surface area contributed by atoms with E-state index < -0.39 is 22.8 Å². The molecule has 0 aliphatic carbocycles. The summed E-state index contributed by atoms with van der Waals surface area (Å²) in [5, 5.41) is 22.1. The molecule has 1 aromatic rings. The van der Waals surface area contributed by atoms with Gasteiger partial charge in [-0.1, -0.05) is 29.8 Å². The number of carboxylic acids is 1. The highest BCUT2D eigenvalue weighted by Crippen LogP contribution is 2.21. The Balaban J connectivity index is 3.03. The van der Waals surface area contributed by atoms with Crippen LogP contribution in [0.4, 0.5) is 5.69 Å². The third kappa shape index (κ3) is 4.02. The fourth-order valence-corrected chi connectivity index (χ4v) is 2.03. The van der Waals surface area contributed by atoms with Crippen molar-refractivity contribution in [3.05, 3.63) is 38.3 Å². The minimum absolute atomic E-state index is 0.0259. The second kappa shape index (κ2) is 6.47. The van der Waals surface area contributed by atoms with E-state index in [1.54, 1.807) is 13.8 Å². The summed E-state index contributed by atoms with van der Waals surface area (Å²) in [6.45, 7) is 3.31. The molecule has 2 N–H and O–H groups in total. The lowest BCUT2D eigenvalue weighted by molar-refractivity contribution is -0.385. The minimum atomic E-state index is -1.15. The highest BCUT2D eigenvalue weighted by molar-refractivity contribution is 9.10. The van der Waals surface area contributed by atoms with Gasteiger partial charge in [-0.2, -0.15) is 0 Å². The predicted octanol–water partition coefficient (Wildman–Crippen LogP) is 2.20. The van der Waals surface area contributed by atoms with Gasteiger partial charge in [-0.3, -0.25) is 14.9 Å². The molecule has 0 aliphatic rings. The molecule has 108 valence electrons. The van der Waals surface area contributed by atoms with E-state index in [1.165, 1.54) is 12.1 Å². The van der Waals surface area contributed by atoms with Crippen molar-refractivity contribution in [1.82, 2.24) is 5.32 Å². The molecule has 0 fully saturated rings. The van der Waals surface area contributed by atoms with Crippen LogP contribution in [0.5, 0.6) is 0 Å². The zero-order valence-electron chi connectivity index (χ0n) is 10.8. The summed E-state index contributed by atoms with van der Waals surface area (Å²) in [5.74, 6) is -2.13. The number of carbonyl (C=O) groups is 2. The molecule has 8 heteroatoms. The molecule has 0 heterocycles. The van der Waals surface area contributed by atoms with Crippen LogP contribution in [-0.2, 0) is 4.79 Å². The Bertz CT molecular complexity index is 559. The van der Waals surface area contributed by atoms with Crippen molar-refractivity contribution < 1.29 is 19.6 Å². The van der Waals surface area contributed by atoms with Gasteiger partial charge in [0.2, 0.25) is 0 Å². The summed E-state index contributed by atoms with van der Waals surface area (Å²) in [6.07, 6.45) is 0. The van der Waals surface area contributed by atoms with E-state index in [2.05, 4.69) is 21.2 Å². The van der Waals surface area contributed by atoms with Crippen LogP contribution in [-0.4, -0.2) is 27.9 Å². The summed E-state index contributed by atoms with van der Waals surface area (Å²) >= 11 is 3.07. The Labute approximate surface area is 123 Å². The quantitative estimate of drug-likeness (QED) is 0.628. The summed E-state index contributed by atoms with van der Waals surface area (Å²) in [6, 6.07) is 2.69. The molecule has 0 aromatic heterocycles. The molecular weight excluding hydrogens is 332 g/mol. The topological polar surface area (TPSA) is 110 Å². The van der Waals surface area contributed by atoms with Crippen molar-refractivity contribution >= 4 is 33.5 Å². The molecular formula is C12H13BrN2O5. The Morgan fingerprint density at radius 3 is 2.40 bits per heavy atom. The van der Waals surface area contributed by atoms with Gasteiger partial charge >= 0.3 is 5.97 Å². The molecule has 7 nitrogen and oxygen atoms in total. The zero-order valence-corrected chi connectivity index (χ0v) is 12.4. The number of nitrogens with one attached hydrogen (secondary N) is 1. The van der Waals surface area contributed by atoms with E-state index in [0.717, 1.165) is 6.07 Å². The van der Waals surface area contributed by atoms with Crippen molar-refractivity contribution in [3.8, 4) is 0 Å². The number of benzene rings is 1. The summed E-state index contributed by atoms with van der Waals surface area (Å²) < 4.78 is 0.369. The zero-order chi connectivity index (χ0) is 15.4. The number of halogens is 1. The van der Waals surface area contributed by atoms with Gasteiger partial charge in [-0.15, -0.1) is 0 Å². The fraction of sp³-hybridized carbons (Fsp3) is 0.333. The van der Waals surface area contributed by atoms with Crippen LogP contribution in [0.1, 0.15) is 24.2 Å². The molecule has 0 aliphatic heterocycles. The number of non-ortho nitro benzene ring substituents is 1. The van der Waals surface area contributed by atoms with Crippen LogP contribution >= 0.6 is 15.9 Å². The molecule has 0 radical (unpaired) electrons. The van der Waals surface area contributed by atoms with Crippen LogP contribution < -0.4 is 5.32 Å². The first-order valence-electron chi connectivity index (χ1n) is 5.71. The smallest absolute Gasteiger partial charge is 0.326 e. The van der Waals surface area contributed by atoms with Crippen LogP contribution in [0.25, 0.3) is 0 Å². The Hall–Kier alpha value is -1.96. The average molecular weight is 345 g/mol. The summed E-state index contributed by atoms with van der Waals surface area (Å²) in [4.78, 5) is 33.1. The number of carbonyl (C=O) groups excluding carboxylic acids is 1. The Kier molecular flexibility index (Phi) is 5.20. The van der Waals surface area contributed by atoms with Gasteiger partial charge in [0.25, 0.3) is 11.6 Å². The number of hydrogen-bond donors (Lipinski definition) is 2. The van der Waals surface area contributed by atoms with Crippen molar-refractivity contribution in [1.29, 1.82) is 0 Å². The normalized spacial score (nSPS) is 12.0. The average Bonchev–Trinajstić information content (AvgIpc) is 2.33. The van der Waals surface area contributed by atoms with Crippen LogP contribution in [0, 0.1) is 16.0 Å². The SMILES string of the molecule is CC(C)[C@@H](NC(=O)c1cc(Br)cc([N+](=O)[O-])c1)C(=O)O. The van der Waals surface area contributed by atoms with Gasteiger partial charge in [0, 0.05) is 22.2 Å². The highest BCUT2D eigenvalue weighted by atomic mass is 79.9. The maximum absolute atomic E-state index is 12.0. The summed E-state index contributed by atoms with van der Waals surface area (Å²) in [7, 11) is 0. The van der Waals surface area contributed by atoms with Gasteiger partial charge in [0.1, 0.15) is 6.04 Å². The second-order valence-electron chi connectivity index (χ2n) is 4.49. The molecule has 0 saturated carbocycles. The third-order valence-electron chi connectivity index (χ3n) is 2.57. The maximum Gasteiger partial charge on any atom is 0.326 e. The highest BCUT2D eigenvalue weighted by Gasteiger charge is 2.24. The number of aliphatic carboxylic acids is 1. The van der Waals surface area contributed by atoms with Gasteiger partial charge in [0.05, 0.1) is 4.92 Å². The second-order valence-corrected chi connectivity index (χ2v) is 5.40. The first kappa shape index (κ1) is 16.1. The maximum atomic E-state index is 12.0. The summed E-state index contributed by atoms with van der Waals surface area (Å²) in [5.41, 5.74) is -0.223. The van der Waals surface area contributed by atoms with E-state index in [0.29, 0.717) is 4.47 Å². The number of amides is 1. The van der Waals surface area contributed by atoms with E-state index in [9.17, 15) is 19.7 Å². The number of nitro groups is 1. The first-order chi connectivity index (χ1) is 9.22. The van der Waals surface area contributed by atoms with E-state index >= 15 is 0 Å². The lowest BCUT2D eigenvalue weighted by Gasteiger charge is -2.17. The largest absolute Gasteiger partial charge is 0.480 e. The van der Waals surface area contributed by atoms with Crippen LogP contribution in [0.2, 0.25) is 0 Å². The van der Waals surface area contributed by atoms with Crippen molar-refractivity contribution in [3.63, 3.8) is 0 Å². The molecule has 0 bridgehead atoms. The number of rotatable bonds is 5. The van der Waals surface area contributed by atoms with Gasteiger partial charge < -0.3 is 10.4 Å². The molecule has 1 amide bonds.